The maximum atomic E-state index is 14.0. The fourth-order valence-corrected chi connectivity index (χ4v) is 4.79. The number of hydrogen-bond donors (Lipinski definition) is 1. The van der Waals surface area contributed by atoms with E-state index in [2.05, 4.69) is 10.3 Å². The van der Waals surface area contributed by atoms with Gasteiger partial charge in [0.15, 0.2) is 0 Å². The summed E-state index contributed by atoms with van der Waals surface area (Å²) in [6.07, 6.45) is 3.00. The van der Waals surface area contributed by atoms with Crippen molar-refractivity contribution in [2.75, 3.05) is 19.5 Å². The van der Waals surface area contributed by atoms with E-state index >= 15 is 0 Å². The van der Waals surface area contributed by atoms with Crippen LogP contribution >= 0.6 is 23.2 Å². The lowest BCUT2D eigenvalue weighted by molar-refractivity contribution is -0.117. The molecule has 0 saturated carbocycles. The number of benzene rings is 3. The van der Waals surface area contributed by atoms with Gasteiger partial charge in [-0.25, -0.2) is 4.98 Å². The number of methoxy groups -OCH3 is 2. The fourth-order valence-electron chi connectivity index (χ4n) is 4.08. The number of nitrogens with zero attached hydrogens (tertiary/aromatic N) is 3. The summed E-state index contributed by atoms with van der Waals surface area (Å²) in [5, 5.41) is 4.24. The number of halogens is 2. The van der Waals surface area contributed by atoms with Crippen molar-refractivity contribution in [1.29, 1.82) is 0 Å². The molecule has 0 radical (unpaired) electrons. The van der Waals surface area contributed by atoms with Crippen LogP contribution in [0.15, 0.2) is 83.8 Å². The van der Waals surface area contributed by atoms with Crippen LogP contribution in [-0.2, 0) is 16.1 Å². The van der Waals surface area contributed by atoms with Crippen molar-refractivity contribution in [3.8, 4) is 22.6 Å². The summed E-state index contributed by atoms with van der Waals surface area (Å²) in [7, 11) is 2.98. The van der Waals surface area contributed by atoms with Gasteiger partial charge in [-0.3, -0.25) is 9.36 Å². The zero-order valence-corrected chi connectivity index (χ0v) is 32.8. The summed E-state index contributed by atoms with van der Waals surface area (Å²) in [4.78, 5) is 42.8. The zero-order valence-electron chi connectivity index (χ0n) is 31.3. The highest BCUT2D eigenvalue weighted by Crippen LogP contribution is 2.45. The second kappa shape index (κ2) is 23.6. The lowest BCUT2D eigenvalue weighted by Gasteiger charge is -2.17. The van der Waals surface area contributed by atoms with E-state index in [4.69, 9.17) is 37.7 Å². The molecule has 3 aromatic carbocycles. The summed E-state index contributed by atoms with van der Waals surface area (Å²) in [6.45, 7) is 15.1. The Balaban J connectivity index is 0.000000802. The molecule has 0 amide bonds. The first-order chi connectivity index (χ1) is 24.5. The maximum Gasteiger partial charge on any atom is 0.260 e. The molecule has 0 spiro atoms. The Morgan fingerprint density at radius 3 is 1.71 bits per heavy atom. The van der Waals surface area contributed by atoms with Crippen molar-refractivity contribution in [1.82, 2.24) is 14.5 Å². The molecule has 11 heteroatoms. The molecule has 9 nitrogen and oxygen atoms in total. The molecule has 274 valence electrons. The lowest BCUT2D eigenvalue weighted by Crippen LogP contribution is -2.24. The molecule has 0 aliphatic carbocycles. The molecule has 0 saturated heterocycles. The van der Waals surface area contributed by atoms with Crippen LogP contribution in [0.4, 0.5) is 11.6 Å². The first kappa shape index (κ1) is 44.3. The Morgan fingerprint density at radius 1 is 0.784 bits per heavy atom. The molecule has 2 aromatic heterocycles. The number of pyridine rings is 1. The van der Waals surface area contributed by atoms with Crippen LogP contribution in [0.5, 0.6) is 11.5 Å². The fraction of sp³-hybridized carbons (Fsp3) is 0.325. The minimum Gasteiger partial charge on any atom is -0.495 e. The Kier molecular flexibility index (Phi) is 20.5. The van der Waals surface area contributed by atoms with E-state index in [1.165, 1.54) is 14.2 Å². The van der Waals surface area contributed by atoms with Crippen LogP contribution in [0.1, 0.15) is 73.8 Å². The molecule has 0 atom stereocenters. The minimum absolute atomic E-state index is 0.208. The highest BCUT2D eigenvalue weighted by atomic mass is 35.5. The zero-order chi connectivity index (χ0) is 38.5. The lowest BCUT2D eigenvalue weighted by atomic mass is 10.0. The largest absolute Gasteiger partial charge is 0.495 e. The van der Waals surface area contributed by atoms with Gasteiger partial charge in [0, 0.05) is 41.7 Å². The van der Waals surface area contributed by atoms with Gasteiger partial charge in [0.25, 0.3) is 5.56 Å². The number of ketones is 2. The SMILES string of the molecule is CC.CC.CCC(C)=O.CCC(C)=O.COc1cc(OC)c(Cl)c(-c2cc3cnc(Nc4ccccc4)nc3n(Cc3ccccc3)c2=O)c1Cl. The molecule has 51 heavy (non-hydrogen) atoms. The van der Waals surface area contributed by atoms with E-state index in [0.717, 1.165) is 11.3 Å². The van der Waals surface area contributed by atoms with Crippen LogP contribution in [0.2, 0.25) is 10.0 Å². The number of aromatic nitrogens is 3. The number of carbonyl (C=O) groups excluding carboxylic acids is 2. The summed E-state index contributed by atoms with van der Waals surface area (Å²) in [5.41, 5.74) is 2.51. The van der Waals surface area contributed by atoms with Crippen molar-refractivity contribution in [2.45, 2.75) is 74.8 Å². The van der Waals surface area contributed by atoms with Crippen molar-refractivity contribution < 1.29 is 19.1 Å². The van der Waals surface area contributed by atoms with Crippen LogP contribution in [0, 0.1) is 0 Å². The van der Waals surface area contributed by atoms with Gasteiger partial charge in [-0.2, -0.15) is 4.98 Å². The number of carbonyl (C=O) groups is 2. The topological polar surface area (TPSA) is 112 Å². The van der Waals surface area contributed by atoms with E-state index in [9.17, 15) is 14.4 Å². The molecule has 1 N–H and O–H groups in total. The molecule has 0 aliphatic heterocycles. The number of anilines is 2. The molecule has 0 unspecified atom stereocenters. The van der Waals surface area contributed by atoms with Gasteiger partial charge >= 0.3 is 0 Å². The Labute approximate surface area is 312 Å². The molecule has 0 fully saturated rings. The van der Waals surface area contributed by atoms with Crippen molar-refractivity contribution in [3.63, 3.8) is 0 Å². The number of hydrogen-bond acceptors (Lipinski definition) is 8. The monoisotopic (exact) mass is 736 g/mol. The van der Waals surface area contributed by atoms with Gasteiger partial charge < -0.3 is 24.4 Å². The summed E-state index contributed by atoms with van der Waals surface area (Å²) in [5.74, 6) is 1.55. The molecular weight excluding hydrogens is 687 g/mol. The molecule has 0 bridgehead atoms. The smallest absolute Gasteiger partial charge is 0.260 e. The van der Waals surface area contributed by atoms with Gasteiger partial charge in [-0.05, 0) is 37.6 Å². The predicted molar refractivity (Wildman–Crippen MR) is 212 cm³/mol. The van der Waals surface area contributed by atoms with Crippen LogP contribution in [0.25, 0.3) is 22.2 Å². The number of nitrogens with one attached hydrogen (secondary N) is 1. The van der Waals surface area contributed by atoms with Crippen molar-refractivity contribution in [3.05, 3.63) is 105 Å². The third-order valence-corrected chi connectivity index (χ3v) is 7.63. The number of para-hydroxylation sites is 1. The average molecular weight is 738 g/mol. The highest BCUT2D eigenvalue weighted by molar-refractivity contribution is 6.41. The van der Waals surface area contributed by atoms with E-state index in [1.807, 2.05) is 102 Å². The van der Waals surface area contributed by atoms with Crippen LogP contribution < -0.4 is 20.3 Å². The first-order valence-electron chi connectivity index (χ1n) is 16.9. The predicted octanol–water partition coefficient (Wildman–Crippen LogP) is 10.6. The number of Topliss-reactive ketones (excluding diaryl/α,β-unsaturated/α-hetero) is 2. The van der Waals surface area contributed by atoms with E-state index in [0.29, 0.717) is 46.9 Å². The van der Waals surface area contributed by atoms with Crippen molar-refractivity contribution in [2.24, 2.45) is 0 Å². The molecule has 2 heterocycles. The van der Waals surface area contributed by atoms with E-state index in [1.54, 1.807) is 36.7 Å². The van der Waals surface area contributed by atoms with Gasteiger partial charge in [0.2, 0.25) is 5.95 Å². The molecular formula is C40H50Cl2N4O5. The van der Waals surface area contributed by atoms with Crippen LogP contribution in [-0.4, -0.2) is 40.3 Å². The summed E-state index contributed by atoms with van der Waals surface area (Å²) < 4.78 is 12.4. The van der Waals surface area contributed by atoms with Gasteiger partial charge in [-0.15, -0.1) is 0 Å². The summed E-state index contributed by atoms with van der Waals surface area (Å²) in [6, 6.07) is 22.5. The number of ether oxygens (including phenoxy) is 2. The summed E-state index contributed by atoms with van der Waals surface area (Å²) >= 11 is 13.3. The Bertz CT molecular complexity index is 1840. The van der Waals surface area contributed by atoms with Crippen LogP contribution in [0.3, 0.4) is 0 Å². The second-order valence-electron chi connectivity index (χ2n) is 10.3. The highest BCUT2D eigenvalue weighted by Gasteiger charge is 2.23. The number of rotatable bonds is 9. The average Bonchev–Trinajstić information content (AvgIpc) is 3.16. The number of fused-ring (bicyclic) bond motifs is 1. The maximum absolute atomic E-state index is 14.0. The normalized spacial score (nSPS) is 9.65. The van der Waals surface area contributed by atoms with Gasteiger partial charge in [0.05, 0.1) is 36.4 Å². The third kappa shape index (κ3) is 13.2. The third-order valence-electron chi connectivity index (χ3n) is 6.88. The second-order valence-corrected chi connectivity index (χ2v) is 11.0. The quantitative estimate of drug-likeness (QED) is 0.159. The first-order valence-corrected chi connectivity index (χ1v) is 17.7. The Morgan fingerprint density at radius 2 is 1.25 bits per heavy atom. The molecule has 0 aliphatic rings. The van der Waals surface area contributed by atoms with Gasteiger partial charge in [-0.1, -0.05) is 113 Å². The molecule has 5 rings (SSSR count). The minimum atomic E-state index is -0.320. The standard InChI is InChI=1S/C28H22Cl2N4O3.2C4H8O.2C2H6/c1-36-21-14-22(37-2)25(30)23(24(21)29)20-13-18-15-31-28(32-19-11-7-4-8-12-19)33-26(18)34(27(20)35)16-17-9-5-3-6-10-17;2*1-3-4(2)5;2*1-2/h3-15H,16H2,1-2H3,(H,31,32,33);2*3H2,1-2H3;2*1-2H3. The van der Waals surface area contributed by atoms with E-state index < -0.39 is 0 Å². The van der Waals surface area contributed by atoms with E-state index in [-0.39, 0.29) is 39.3 Å². The van der Waals surface area contributed by atoms with Gasteiger partial charge in [0.1, 0.15) is 28.7 Å². The Hall–Kier alpha value is -4.73. The molecule has 5 aromatic rings. The van der Waals surface area contributed by atoms with Crippen molar-refractivity contribution >= 4 is 57.4 Å².